The highest BCUT2D eigenvalue weighted by molar-refractivity contribution is 6.01. The van der Waals surface area contributed by atoms with Gasteiger partial charge in [-0.3, -0.25) is 9.69 Å². The molecule has 0 atom stereocenters. The summed E-state index contributed by atoms with van der Waals surface area (Å²) in [4.78, 5) is 28.8. The fraction of sp³-hybridized carbons (Fsp3) is 0.167. The molecule has 0 radical (unpaired) electrons. The molecule has 5 rings (SSSR count). The van der Waals surface area contributed by atoms with Crippen LogP contribution < -0.4 is 19.7 Å². The fourth-order valence-electron chi connectivity index (χ4n) is 3.85. The van der Waals surface area contributed by atoms with Crippen LogP contribution in [0.25, 0.3) is 11.1 Å². The summed E-state index contributed by atoms with van der Waals surface area (Å²) in [7, 11) is 0. The quantitative estimate of drug-likeness (QED) is 0.685. The zero-order valence-electron chi connectivity index (χ0n) is 16.8. The van der Waals surface area contributed by atoms with Gasteiger partial charge in [0.25, 0.3) is 0 Å². The van der Waals surface area contributed by atoms with Crippen molar-refractivity contribution in [2.24, 2.45) is 0 Å². The van der Waals surface area contributed by atoms with Crippen molar-refractivity contribution in [1.82, 2.24) is 4.90 Å². The summed E-state index contributed by atoms with van der Waals surface area (Å²) in [6.07, 6.45) is 0. The number of amides is 3. The van der Waals surface area contributed by atoms with Crippen LogP contribution in [0.2, 0.25) is 0 Å². The summed E-state index contributed by atoms with van der Waals surface area (Å²) in [6, 6.07) is 22.7. The van der Waals surface area contributed by atoms with Gasteiger partial charge in [0.05, 0.1) is 0 Å². The predicted octanol–water partition coefficient (Wildman–Crippen LogP) is 3.96. The van der Waals surface area contributed by atoms with E-state index in [0.717, 1.165) is 22.5 Å². The van der Waals surface area contributed by atoms with Gasteiger partial charge in [0.2, 0.25) is 12.7 Å². The number of nitrogens with one attached hydrogen (secondary N) is 1. The second-order valence-corrected chi connectivity index (χ2v) is 7.35. The van der Waals surface area contributed by atoms with Crippen molar-refractivity contribution in [3.05, 3.63) is 72.8 Å². The number of para-hydroxylation sites is 1. The van der Waals surface area contributed by atoms with E-state index in [-0.39, 0.29) is 25.3 Å². The number of rotatable bonds is 5. The molecule has 156 valence electrons. The number of nitrogens with zero attached hydrogens (tertiary/aromatic N) is 2. The van der Waals surface area contributed by atoms with Gasteiger partial charge >= 0.3 is 6.03 Å². The van der Waals surface area contributed by atoms with E-state index < -0.39 is 0 Å². The van der Waals surface area contributed by atoms with E-state index >= 15 is 0 Å². The number of ether oxygens (including phenoxy) is 2. The molecule has 0 unspecified atom stereocenters. The molecule has 0 aromatic heterocycles. The van der Waals surface area contributed by atoms with E-state index in [9.17, 15) is 9.59 Å². The van der Waals surface area contributed by atoms with Crippen LogP contribution in [0, 0.1) is 0 Å². The number of hydrogen-bond acceptors (Lipinski definition) is 4. The smallest absolute Gasteiger partial charge is 0.325 e. The molecule has 1 N–H and O–H groups in total. The molecule has 3 aromatic rings. The average Bonchev–Trinajstić information content (AvgIpc) is 3.41. The number of fused-ring (bicyclic) bond motifs is 1. The Balaban J connectivity index is 1.26. The molecule has 2 heterocycles. The highest BCUT2D eigenvalue weighted by atomic mass is 16.7. The van der Waals surface area contributed by atoms with Gasteiger partial charge in [-0.2, -0.15) is 0 Å². The molecule has 3 amide bonds. The first-order chi connectivity index (χ1) is 15.2. The molecule has 0 bridgehead atoms. The molecule has 0 saturated carbocycles. The molecule has 1 saturated heterocycles. The van der Waals surface area contributed by atoms with Crippen LogP contribution in [0.3, 0.4) is 0 Å². The normalized spacial score (nSPS) is 14.8. The number of anilines is 2. The van der Waals surface area contributed by atoms with Crippen molar-refractivity contribution < 1.29 is 19.1 Å². The Bertz CT molecular complexity index is 1130. The van der Waals surface area contributed by atoms with E-state index in [4.69, 9.17) is 9.47 Å². The lowest BCUT2D eigenvalue weighted by Crippen LogP contribution is -2.37. The van der Waals surface area contributed by atoms with Crippen molar-refractivity contribution in [3.63, 3.8) is 0 Å². The Morgan fingerprint density at radius 2 is 1.68 bits per heavy atom. The van der Waals surface area contributed by atoms with Crippen molar-refractivity contribution >= 4 is 23.3 Å². The van der Waals surface area contributed by atoms with Gasteiger partial charge in [-0.15, -0.1) is 0 Å². The standard InChI is InChI=1S/C24H21N3O4/c28-23(25-20-9-5-4-8-19(20)17-6-2-1-3-7-17)15-26-12-13-27(24(26)29)18-10-11-21-22(14-18)31-16-30-21/h1-11,14H,12-13,15-16H2,(H,25,28). The van der Waals surface area contributed by atoms with E-state index in [1.807, 2.05) is 60.7 Å². The number of carbonyl (C=O) groups excluding carboxylic acids is 2. The molecule has 1 fully saturated rings. The predicted molar refractivity (Wildman–Crippen MR) is 117 cm³/mol. The van der Waals surface area contributed by atoms with Crippen molar-refractivity contribution in [1.29, 1.82) is 0 Å². The summed E-state index contributed by atoms with van der Waals surface area (Å²) < 4.78 is 10.7. The van der Waals surface area contributed by atoms with Crippen LogP contribution >= 0.6 is 0 Å². The third-order valence-electron chi connectivity index (χ3n) is 5.38. The van der Waals surface area contributed by atoms with Crippen molar-refractivity contribution in [3.8, 4) is 22.6 Å². The van der Waals surface area contributed by atoms with Crippen LogP contribution in [0.5, 0.6) is 11.5 Å². The first-order valence-electron chi connectivity index (χ1n) is 10.1. The molecule has 7 heteroatoms. The van der Waals surface area contributed by atoms with Gasteiger partial charge in [-0.1, -0.05) is 48.5 Å². The number of urea groups is 1. The molecule has 2 aliphatic rings. The lowest BCUT2D eigenvalue weighted by atomic mass is 10.0. The van der Waals surface area contributed by atoms with E-state index in [1.165, 1.54) is 0 Å². The van der Waals surface area contributed by atoms with Crippen LogP contribution in [0.1, 0.15) is 0 Å². The van der Waals surface area contributed by atoms with Crippen LogP contribution in [0.15, 0.2) is 72.8 Å². The van der Waals surface area contributed by atoms with Gasteiger partial charge in [0, 0.05) is 36.1 Å². The Kier molecular flexibility index (Phi) is 4.92. The largest absolute Gasteiger partial charge is 0.454 e. The van der Waals surface area contributed by atoms with Crippen LogP contribution in [-0.2, 0) is 4.79 Å². The Morgan fingerprint density at radius 1 is 0.903 bits per heavy atom. The second-order valence-electron chi connectivity index (χ2n) is 7.35. The summed E-state index contributed by atoms with van der Waals surface area (Å²) >= 11 is 0. The van der Waals surface area contributed by atoms with Gasteiger partial charge in [-0.25, -0.2) is 4.79 Å². The van der Waals surface area contributed by atoms with Crippen molar-refractivity contribution in [2.45, 2.75) is 0 Å². The molecular formula is C24H21N3O4. The summed E-state index contributed by atoms with van der Waals surface area (Å²) in [6.45, 7) is 1.15. The number of carbonyl (C=O) groups is 2. The SMILES string of the molecule is O=C(CN1CCN(c2ccc3c(c2)OCO3)C1=O)Nc1ccccc1-c1ccccc1. The minimum absolute atomic E-state index is 0.0109. The lowest BCUT2D eigenvalue weighted by Gasteiger charge is -2.19. The summed E-state index contributed by atoms with van der Waals surface area (Å²) in [5.41, 5.74) is 3.40. The van der Waals surface area contributed by atoms with Gasteiger partial charge in [0.1, 0.15) is 6.54 Å². The van der Waals surface area contributed by atoms with E-state index in [1.54, 1.807) is 21.9 Å². The first-order valence-corrected chi connectivity index (χ1v) is 10.1. The molecule has 7 nitrogen and oxygen atoms in total. The number of benzene rings is 3. The zero-order chi connectivity index (χ0) is 21.2. The highest BCUT2D eigenvalue weighted by Crippen LogP contribution is 2.36. The van der Waals surface area contributed by atoms with Crippen molar-refractivity contribution in [2.75, 3.05) is 36.6 Å². The Labute approximate surface area is 179 Å². The van der Waals surface area contributed by atoms with Crippen LogP contribution in [-0.4, -0.2) is 43.3 Å². The van der Waals surface area contributed by atoms with Crippen LogP contribution in [0.4, 0.5) is 16.2 Å². The van der Waals surface area contributed by atoms with Gasteiger partial charge in [0.15, 0.2) is 11.5 Å². The average molecular weight is 415 g/mol. The van der Waals surface area contributed by atoms with Gasteiger partial charge in [-0.05, 0) is 23.8 Å². The maximum absolute atomic E-state index is 12.9. The first kappa shape index (κ1) is 19.0. The second kappa shape index (κ2) is 8.02. The highest BCUT2D eigenvalue weighted by Gasteiger charge is 2.31. The Hall–Kier alpha value is -4.00. The Morgan fingerprint density at radius 3 is 2.55 bits per heavy atom. The minimum Gasteiger partial charge on any atom is -0.454 e. The van der Waals surface area contributed by atoms with Gasteiger partial charge < -0.3 is 19.7 Å². The third kappa shape index (κ3) is 3.77. The number of hydrogen-bond donors (Lipinski definition) is 1. The zero-order valence-corrected chi connectivity index (χ0v) is 16.8. The summed E-state index contributed by atoms with van der Waals surface area (Å²) in [5.74, 6) is 1.06. The summed E-state index contributed by atoms with van der Waals surface area (Å²) in [5, 5.41) is 2.96. The monoisotopic (exact) mass is 415 g/mol. The molecular weight excluding hydrogens is 394 g/mol. The van der Waals surface area contributed by atoms with E-state index in [2.05, 4.69) is 5.32 Å². The topological polar surface area (TPSA) is 71.1 Å². The maximum Gasteiger partial charge on any atom is 0.325 e. The van der Waals surface area contributed by atoms with E-state index in [0.29, 0.717) is 24.6 Å². The molecule has 0 spiro atoms. The molecule has 2 aliphatic heterocycles. The minimum atomic E-state index is -0.232. The molecule has 0 aliphatic carbocycles. The lowest BCUT2D eigenvalue weighted by molar-refractivity contribution is -0.116. The molecule has 31 heavy (non-hydrogen) atoms. The fourth-order valence-corrected chi connectivity index (χ4v) is 3.85. The maximum atomic E-state index is 12.9. The molecule has 3 aromatic carbocycles. The third-order valence-corrected chi connectivity index (χ3v) is 5.38.